The molecule has 0 unspecified atom stereocenters. The number of nitro groups is 1. The van der Waals surface area contributed by atoms with Crippen molar-refractivity contribution in [2.24, 2.45) is 0 Å². The summed E-state index contributed by atoms with van der Waals surface area (Å²) in [6, 6.07) is 13.7. The van der Waals surface area contributed by atoms with Gasteiger partial charge in [-0.2, -0.15) is 0 Å². The van der Waals surface area contributed by atoms with Crippen molar-refractivity contribution in [3.63, 3.8) is 0 Å². The summed E-state index contributed by atoms with van der Waals surface area (Å²) in [6.07, 6.45) is 3.42. The monoisotopic (exact) mass is 333 g/mol. The van der Waals surface area contributed by atoms with Crippen LogP contribution in [0.3, 0.4) is 0 Å². The number of nitro benzene ring substituents is 1. The van der Waals surface area contributed by atoms with Crippen LogP contribution >= 0.6 is 0 Å². The first-order chi connectivity index (χ1) is 12.2. The van der Waals surface area contributed by atoms with E-state index in [0.29, 0.717) is 5.56 Å². The smallest absolute Gasteiger partial charge is 0.269 e. The second-order valence-electron chi connectivity index (χ2n) is 5.38. The lowest BCUT2D eigenvalue weighted by atomic mass is 10.2. The predicted molar refractivity (Wildman–Crippen MR) is 98.3 cm³/mol. The standard InChI is InChI=1S/C21H19NO3/c1-2-3-6-17-25-21-15-11-19(12-16-21)8-5-4-7-18-9-13-20(14-10-18)22(23)24/h9-16H,2-3,6,17H2,1H3. The fourth-order valence-electron chi connectivity index (χ4n) is 2.05. The van der Waals surface area contributed by atoms with Crippen molar-refractivity contribution in [1.29, 1.82) is 0 Å². The van der Waals surface area contributed by atoms with Crippen molar-refractivity contribution in [1.82, 2.24) is 0 Å². The number of hydrogen-bond acceptors (Lipinski definition) is 3. The summed E-state index contributed by atoms with van der Waals surface area (Å²) in [5.41, 5.74) is 1.60. The first-order valence-electron chi connectivity index (χ1n) is 8.18. The first-order valence-corrected chi connectivity index (χ1v) is 8.18. The largest absolute Gasteiger partial charge is 0.494 e. The van der Waals surface area contributed by atoms with Gasteiger partial charge in [0, 0.05) is 23.3 Å². The minimum atomic E-state index is -0.436. The molecule has 0 aliphatic heterocycles. The number of hydrogen-bond donors (Lipinski definition) is 0. The van der Waals surface area contributed by atoms with Crippen molar-refractivity contribution in [2.75, 3.05) is 6.61 Å². The fourth-order valence-corrected chi connectivity index (χ4v) is 2.05. The van der Waals surface area contributed by atoms with Crippen molar-refractivity contribution < 1.29 is 9.66 Å². The van der Waals surface area contributed by atoms with Gasteiger partial charge in [0.05, 0.1) is 11.5 Å². The van der Waals surface area contributed by atoms with Crippen LogP contribution in [0.5, 0.6) is 5.75 Å². The Morgan fingerprint density at radius 3 is 2.00 bits per heavy atom. The third kappa shape index (κ3) is 6.41. The number of ether oxygens (including phenoxy) is 1. The van der Waals surface area contributed by atoms with Crippen LogP contribution in [0.1, 0.15) is 37.3 Å². The Kier molecular flexibility index (Phi) is 7.10. The molecule has 0 amide bonds. The van der Waals surface area contributed by atoms with Gasteiger partial charge in [0.25, 0.3) is 5.69 Å². The van der Waals surface area contributed by atoms with E-state index < -0.39 is 4.92 Å². The maximum atomic E-state index is 10.6. The lowest BCUT2D eigenvalue weighted by Crippen LogP contribution is -1.96. The normalized spacial score (nSPS) is 9.32. The Morgan fingerprint density at radius 1 is 0.920 bits per heavy atom. The average molecular weight is 333 g/mol. The molecule has 126 valence electrons. The van der Waals surface area contributed by atoms with Gasteiger partial charge in [-0.3, -0.25) is 10.1 Å². The lowest BCUT2D eigenvalue weighted by molar-refractivity contribution is -0.384. The Labute approximate surface area is 148 Å². The van der Waals surface area contributed by atoms with Crippen molar-refractivity contribution >= 4 is 5.69 Å². The average Bonchev–Trinajstić information content (AvgIpc) is 2.64. The highest BCUT2D eigenvalue weighted by atomic mass is 16.6. The zero-order valence-corrected chi connectivity index (χ0v) is 14.1. The van der Waals surface area contributed by atoms with E-state index in [1.54, 1.807) is 12.1 Å². The van der Waals surface area contributed by atoms with Crippen LogP contribution in [0.15, 0.2) is 48.5 Å². The fraction of sp³-hybridized carbons (Fsp3) is 0.238. The van der Waals surface area contributed by atoms with Crippen LogP contribution in [0.25, 0.3) is 0 Å². The Morgan fingerprint density at radius 2 is 1.48 bits per heavy atom. The summed E-state index contributed by atoms with van der Waals surface area (Å²) in [5, 5.41) is 10.6. The van der Waals surface area contributed by atoms with Crippen LogP contribution in [0, 0.1) is 33.8 Å². The second kappa shape index (κ2) is 9.80. The molecule has 0 spiro atoms. The molecule has 2 aromatic rings. The second-order valence-corrected chi connectivity index (χ2v) is 5.38. The Hall–Kier alpha value is -3.24. The SMILES string of the molecule is CCCCCOc1ccc(C#CC#Cc2ccc([N+](=O)[O-])cc2)cc1. The zero-order valence-electron chi connectivity index (χ0n) is 14.1. The van der Waals surface area contributed by atoms with Gasteiger partial charge in [-0.1, -0.05) is 31.6 Å². The van der Waals surface area contributed by atoms with Crippen LogP contribution in [-0.4, -0.2) is 11.5 Å². The molecule has 4 heteroatoms. The van der Waals surface area contributed by atoms with E-state index in [1.807, 2.05) is 24.3 Å². The highest BCUT2D eigenvalue weighted by Gasteiger charge is 2.01. The van der Waals surface area contributed by atoms with Gasteiger partial charge in [-0.25, -0.2) is 0 Å². The molecule has 0 bridgehead atoms. The third-order valence-corrected chi connectivity index (χ3v) is 3.43. The van der Waals surface area contributed by atoms with Gasteiger partial charge in [0.1, 0.15) is 5.75 Å². The van der Waals surface area contributed by atoms with Crippen LogP contribution < -0.4 is 4.74 Å². The number of unbranched alkanes of at least 4 members (excludes halogenated alkanes) is 2. The number of nitrogens with zero attached hydrogens (tertiary/aromatic N) is 1. The summed E-state index contributed by atoms with van der Waals surface area (Å²) < 4.78 is 5.65. The third-order valence-electron chi connectivity index (χ3n) is 3.43. The van der Waals surface area contributed by atoms with Crippen LogP contribution in [0.4, 0.5) is 5.69 Å². The number of benzene rings is 2. The molecule has 0 atom stereocenters. The first kappa shape index (κ1) is 18.1. The molecule has 0 saturated carbocycles. The van der Waals surface area contributed by atoms with Gasteiger partial charge >= 0.3 is 0 Å². The molecule has 0 aliphatic rings. The van der Waals surface area contributed by atoms with Gasteiger partial charge in [-0.05, 0) is 54.7 Å². The van der Waals surface area contributed by atoms with Crippen molar-refractivity contribution in [3.8, 4) is 29.4 Å². The van der Waals surface area contributed by atoms with E-state index in [1.165, 1.54) is 25.0 Å². The molecule has 0 N–H and O–H groups in total. The van der Waals surface area contributed by atoms with E-state index >= 15 is 0 Å². The molecule has 0 aliphatic carbocycles. The van der Waals surface area contributed by atoms with Gasteiger partial charge in [0.2, 0.25) is 0 Å². The summed E-state index contributed by atoms with van der Waals surface area (Å²) in [7, 11) is 0. The van der Waals surface area contributed by atoms with E-state index in [0.717, 1.165) is 24.3 Å². The minimum Gasteiger partial charge on any atom is -0.494 e. The molecule has 4 nitrogen and oxygen atoms in total. The molecular weight excluding hydrogens is 314 g/mol. The summed E-state index contributed by atoms with van der Waals surface area (Å²) in [4.78, 5) is 10.1. The molecule has 2 aromatic carbocycles. The molecule has 25 heavy (non-hydrogen) atoms. The van der Waals surface area contributed by atoms with E-state index in [4.69, 9.17) is 4.74 Å². The molecule has 0 aromatic heterocycles. The summed E-state index contributed by atoms with van der Waals surface area (Å²) in [6.45, 7) is 2.90. The van der Waals surface area contributed by atoms with E-state index in [-0.39, 0.29) is 5.69 Å². The van der Waals surface area contributed by atoms with Crippen molar-refractivity contribution in [2.45, 2.75) is 26.2 Å². The number of non-ortho nitro benzene ring substituents is 1. The molecule has 2 rings (SSSR count). The molecule has 0 heterocycles. The highest BCUT2D eigenvalue weighted by molar-refractivity contribution is 5.47. The topological polar surface area (TPSA) is 52.4 Å². The summed E-state index contributed by atoms with van der Waals surface area (Å²) in [5.74, 6) is 12.2. The Balaban J connectivity index is 1.90. The van der Waals surface area contributed by atoms with Gasteiger partial charge < -0.3 is 4.74 Å². The summed E-state index contributed by atoms with van der Waals surface area (Å²) >= 11 is 0. The van der Waals surface area contributed by atoms with Gasteiger partial charge in [-0.15, -0.1) is 0 Å². The molecule has 0 saturated heterocycles. The van der Waals surface area contributed by atoms with Gasteiger partial charge in [0.15, 0.2) is 0 Å². The molecule has 0 fully saturated rings. The van der Waals surface area contributed by atoms with Crippen LogP contribution in [0.2, 0.25) is 0 Å². The number of rotatable bonds is 6. The minimum absolute atomic E-state index is 0.0497. The quantitative estimate of drug-likeness (QED) is 0.337. The van der Waals surface area contributed by atoms with Crippen molar-refractivity contribution in [3.05, 3.63) is 69.8 Å². The maximum absolute atomic E-state index is 10.6. The lowest BCUT2D eigenvalue weighted by Gasteiger charge is -2.05. The molecule has 0 radical (unpaired) electrons. The maximum Gasteiger partial charge on any atom is 0.269 e. The highest BCUT2D eigenvalue weighted by Crippen LogP contribution is 2.12. The van der Waals surface area contributed by atoms with Crippen LogP contribution in [-0.2, 0) is 0 Å². The predicted octanol–water partition coefficient (Wildman–Crippen LogP) is 4.57. The van der Waals surface area contributed by atoms with E-state index in [2.05, 4.69) is 30.6 Å². The Bertz CT molecular complexity index is 816. The molecular formula is C21H19NO3. The van der Waals surface area contributed by atoms with E-state index in [9.17, 15) is 10.1 Å². The zero-order chi connectivity index (χ0) is 17.9.